The minimum atomic E-state index is -0.231. The molecule has 4 heterocycles. The standard InChI is InChI=1S/C20H17FN6S/c21-15-4-2-14(3-5-15)17-12-16-18(28-17)19(25-13-24-16)26-8-10-27(11-9-26)20-22-6-1-7-23-20/h1-7,12-13H,8-11H2. The molecule has 3 aromatic heterocycles. The van der Waals surface area contributed by atoms with Gasteiger partial charge in [-0.15, -0.1) is 11.3 Å². The molecule has 0 amide bonds. The lowest BCUT2D eigenvalue weighted by Crippen LogP contribution is -2.47. The smallest absolute Gasteiger partial charge is 0.225 e. The normalized spacial score (nSPS) is 14.6. The van der Waals surface area contributed by atoms with Gasteiger partial charge >= 0.3 is 0 Å². The number of aromatic nitrogens is 4. The molecule has 0 spiro atoms. The Morgan fingerprint density at radius 3 is 2.32 bits per heavy atom. The summed E-state index contributed by atoms with van der Waals surface area (Å²) in [6, 6.07) is 10.4. The van der Waals surface area contributed by atoms with Crippen LogP contribution in [-0.2, 0) is 0 Å². The summed E-state index contributed by atoms with van der Waals surface area (Å²) >= 11 is 1.65. The lowest BCUT2D eigenvalue weighted by atomic mass is 10.2. The van der Waals surface area contributed by atoms with E-state index in [0.717, 1.165) is 58.6 Å². The second-order valence-electron chi connectivity index (χ2n) is 6.55. The molecule has 1 aromatic carbocycles. The van der Waals surface area contributed by atoms with Crippen molar-refractivity contribution in [1.82, 2.24) is 19.9 Å². The molecule has 6 nitrogen and oxygen atoms in total. The van der Waals surface area contributed by atoms with Crippen LogP contribution in [0.2, 0.25) is 0 Å². The number of benzene rings is 1. The van der Waals surface area contributed by atoms with Gasteiger partial charge in [-0.05, 0) is 29.8 Å². The lowest BCUT2D eigenvalue weighted by molar-refractivity contribution is 0.628. The predicted octanol–water partition coefficient (Wildman–Crippen LogP) is 3.61. The lowest BCUT2D eigenvalue weighted by Gasteiger charge is -2.35. The second-order valence-corrected chi connectivity index (χ2v) is 7.60. The molecule has 140 valence electrons. The van der Waals surface area contributed by atoms with Gasteiger partial charge in [0.05, 0.1) is 10.2 Å². The number of fused-ring (bicyclic) bond motifs is 1. The number of thiophene rings is 1. The molecule has 8 heteroatoms. The van der Waals surface area contributed by atoms with Crippen molar-refractivity contribution >= 4 is 33.3 Å². The molecule has 0 N–H and O–H groups in total. The van der Waals surface area contributed by atoms with E-state index in [4.69, 9.17) is 0 Å². The molecule has 0 atom stereocenters. The maximum absolute atomic E-state index is 13.2. The Morgan fingerprint density at radius 1 is 0.857 bits per heavy atom. The number of nitrogens with zero attached hydrogens (tertiary/aromatic N) is 6. The fraction of sp³-hybridized carbons (Fsp3) is 0.200. The van der Waals surface area contributed by atoms with Gasteiger partial charge in [0.2, 0.25) is 5.95 Å². The van der Waals surface area contributed by atoms with E-state index < -0.39 is 0 Å². The zero-order chi connectivity index (χ0) is 18.9. The number of hydrogen-bond acceptors (Lipinski definition) is 7. The Labute approximate surface area is 165 Å². The summed E-state index contributed by atoms with van der Waals surface area (Å²) in [5.74, 6) is 1.49. The fourth-order valence-electron chi connectivity index (χ4n) is 3.40. The molecule has 0 aliphatic carbocycles. The maximum Gasteiger partial charge on any atom is 0.225 e. The summed E-state index contributed by atoms with van der Waals surface area (Å²) in [5.41, 5.74) is 1.91. The zero-order valence-corrected chi connectivity index (χ0v) is 15.8. The highest BCUT2D eigenvalue weighted by Gasteiger charge is 2.22. The van der Waals surface area contributed by atoms with Crippen molar-refractivity contribution in [3.63, 3.8) is 0 Å². The number of rotatable bonds is 3. The molecular formula is C20H17FN6S. The SMILES string of the molecule is Fc1ccc(-c2cc3ncnc(N4CCN(c5ncccn5)CC4)c3s2)cc1. The maximum atomic E-state index is 13.2. The predicted molar refractivity (Wildman–Crippen MR) is 109 cm³/mol. The molecule has 4 aromatic rings. The molecule has 1 fully saturated rings. The fourth-order valence-corrected chi connectivity index (χ4v) is 4.53. The van der Waals surface area contributed by atoms with E-state index in [1.165, 1.54) is 12.1 Å². The minimum Gasteiger partial charge on any atom is -0.352 e. The van der Waals surface area contributed by atoms with Gasteiger partial charge in [0.1, 0.15) is 18.0 Å². The van der Waals surface area contributed by atoms with Crippen LogP contribution in [0.1, 0.15) is 0 Å². The first-order chi connectivity index (χ1) is 13.8. The highest BCUT2D eigenvalue weighted by molar-refractivity contribution is 7.22. The molecule has 1 aliphatic rings. The van der Waals surface area contributed by atoms with Crippen molar-refractivity contribution in [2.45, 2.75) is 0 Å². The molecule has 1 aliphatic heterocycles. The molecule has 0 radical (unpaired) electrons. The number of hydrogen-bond donors (Lipinski definition) is 0. The Hall–Kier alpha value is -3.13. The van der Waals surface area contributed by atoms with Gasteiger partial charge in [-0.1, -0.05) is 12.1 Å². The summed E-state index contributed by atoms with van der Waals surface area (Å²) in [6.07, 6.45) is 5.15. The summed E-state index contributed by atoms with van der Waals surface area (Å²) in [4.78, 5) is 23.2. The number of anilines is 2. The summed E-state index contributed by atoms with van der Waals surface area (Å²) in [6.45, 7) is 3.36. The average molecular weight is 392 g/mol. The van der Waals surface area contributed by atoms with Crippen molar-refractivity contribution in [3.8, 4) is 10.4 Å². The third kappa shape index (κ3) is 3.16. The van der Waals surface area contributed by atoms with Gasteiger partial charge in [0, 0.05) is 43.4 Å². The minimum absolute atomic E-state index is 0.231. The van der Waals surface area contributed by atoms with Gasteiger partial charge in [0.15, 0.2) is 0 Å². The topological polar surface area (TPSA) is 58.0 Å². The zero-order valence-electron chi connectivity index (χ0n) is 15.0. The quantitative estimate of drug-likeness (QED) is 0.531. The first-order valence-electron chi connectivity index (χ1n) is 9.05. The van der Waals surface area contributed by atoms with E-state index in [9.17, 15) is 4.39 Å². The molecular weight excluding hydrogens is 375 g/mol. The van der Waals surface area contributed by atoms with Crippen LogP contribution < -0.4 is 9.80 Å². The van der Waals surface area contributed by atoms with E-state index in [2.05, 4.69) is 29.7 Å². The Bertz CT molecular complexity index is 1090. The molecule has 0 bridgehead atoms. The monoisotopic (exact) mass is 392 g/mol. The van der Waals surface area contributed by atoms with Crippen LogP contribution >= 0.6 is 11.3 Å². The van der Waals surface area contributed by atoms with Gasteiger partial charge in [-0.2, -0.15) is 0 Å². The van der Waals surface area contributed by atoms with Gasteiger partial charge < -0.3 is 9.80 Å². The van der Waals surface area contributed by atoms with E-state index in [1.54, 1.807) is 42.2 Å². The molecule has 5 rings (SSSR count). The van der Waals surface area contributed by atoms with E-state index in [1.807, 2.05) is 12.1 Å². The highest BCUT2D eigenvalue weighted by Crippen LogP contribution is 2.37. The summed E-state index contributed by atoms with van der Waals surface area (Å²) in [5, 5.41) is 0. The third-order valence-corrected chi connectivity index (χ3v) is 6.00. The number of halogens is 1. The van der Waals surface area contributed by atoms with Gasteiger partial charge in [-0.25, -0.2) is 24.3 Å². The average Bonchev–Trinajstić information content (AvgIpc) is 3.19. The molecule has 0 unspecified atom stereocenters. The van der Waals surface area contributed by atoms with Gasteiger partial charge in [-0.3, -0.25) is 0 Å². The number of piperazine rings is 1. The van der Waals surface area contributed by atoms with Crippen LogP contribution in [0.25, 0.3) is 20.7 Å². The van der Waals surface area contributed by atoms with Crippen LogP contribution in [0.4, 0.5) is 16.2 Å². The second kappa shape index (κ2) is 7.12. The van der Waals surface area contributed by atoms with Gasteiger partial charge in [0.25, 0.3) is 0 Å². The van der Waals surface area contributed by atoms with E-state index >= 15 is 0 Å². The molecule has 1 saturated heterocycles. The Balaban J connectivity index is 1.41. The van der Waals surface area contributed by atoms with Crippen LogP contribution in [0.3, 0.4) is 0 Å². The third-order valence-electron chi connectivity index (χ3n) is 4.84. The van der Waals surface area contributed by atoms with Crippen LogP contribution in [-0.4, -0.2) is 46.1 Å². The molecule has 28 heavy (non-hydrogen) atoms. The van der Waals surface area contributed by atoms with Crippen molar-refractivity contribution in [2.24, 2.45) is 0 Å². The first-order valence-corrected chi connectivity index (χ1v) is 9.87. The first kappa shape index (κ1) is 17.0. The Morgan fingerprint density at radius 2 is 1.57 bits per heavy atom. The summed E-state index contributed by atoms with van der Waals surface area (Å²) in [7, 11) is 0. The van der Waals surface area contributed by atoms with E-state index in [0.29, 0.717) is 0 Å². The Kier molecular flexibility index (Phi) is 4.32. The molecule has 0 saturated carbocycles. The largest absolute Gasteiger partial charge is 0.352 e. The van der Waals surface area contributed by atoms with E-state index in [-0.39, 0.29) is 5.82 Å². The van der Waals surface area contributed by atoms with Crippen LogP contribution in [0, 0.1) is 5.82 Å². The van der Waals surface area contributed by atoms with Crippen LogP contribution in [0.15, 0.2) is 55.1 Å². The van der Waals surface area contributed by atoms with Crippen molar-refractivity contribution < 1.29 is 4.39 Å². The van der Waals surface area contributed by atoms with Crippen LogP contribution in [0.5, 0.6) is 0 Å². The highest BCUT2D eigenvalue weighted by atomic mass is 32.1. The van der Waals surface area contributed by atoms with Crippen molar-refractivity contribution in [2.75, 3.05) is 36.0 Å². The summed E-state index contributed by atoms with van der Waals surface area (Å²) < 4.78 is 14.3. The van der Waals surface area contributed by atoms with Crippen molar-refractivity contribution in [3.05, 3.63) is 60.9 Å². The van der Waals surface area contributed by atoms with Crippen molar-refractivity contribution in [1.29, 1.82) is 0 Å².